The molecule has 0 radical (unpaired) electrons. The van der Waals surface area contributed by atoms with Crippen LogP contribution in [0.1, 0.15) is 284 Å². The van der Waals surface area contributed by atoms with Gasteiger partial charge in [-0.25, -0.2) is 0 Å². The van der Waals surface area contributed by atoms with Gasteiger partial charge in [0.15, 0.2) is 6.10 Å². The summed E-state index contributed by atoms with van der Waals surface area (Å²) in [7, 11) is 0. The highest BCUT2D eigenvalue weighted by Crippen LogP contribution is 2.15. The van der Waals surface area contributed by atoms with E-state index in [1.165, 1.54) is 141 Å². The van der Waals surface area contributed by atoms with Gasteiger partial charge in [-0.1, -0.05) is 229 Å². The maximum atomic E-state index is 12.9. The summed E-state index contributed by atoms with van der Waals surface area (Å²) >= 11 is 0. The Morgan fingerprint density at radius 1 is 0.309 bits per heavy atom. The highest BCUT2D eigenvalue weighted by molar-refractivity contribution is 5.71. The molecule has 0 spiro atoms. The zero-order valence-electron chi connectivity index (χ0n) is 44.9. The van der Waals surface area contributed by atoms with Gasteiger partial charge < -0.3 is 14.2 Å². The van der Waals surface area contributed by atoms with Gasteiger partial charge in [0.25, 0.3) is 0 Å². The molecule has 392 valence electrons. The molecule has 1 unspecified atom stereocenters. The van der Waals surface area contributed by atoms with Crippen molar-refractivity contribution in [2.45, 2.75) is 290 Å². The number of esters is 3. The molecule has 0 rings (SSSR count). The van der Waals surface area contributed by atoms with E-state index in [4.69, 9.17) is 14.2 Å². The van der Waals surface area contributed by atoms with Crippen LogP contribution in [0, 0.1) is 0 Å². The van der Waals surface area contributed by atoms with Crippen LogP contribution in [0.15, 0.2) is 72.9 Å². The first-order valence-corrected chi connectivity index (χ1v) is 28.9. The Balaban J connectivity index is 4.41. The van der Waals surface area contributed by atoms with Gasteiger partial charge >= 0.3 is 17.9 Å². The minimum Gasteiger partial charge on any atom is -0.462 e. The predicted octanol–water partition coefficient (Wildman–Crippen LogP) is 19.4. The zero-order valence-corrected chi connectivity index (χ0v) is 44.9. The Morgan fingerprint density at radius 2 is 0.574 bits per heavy atom. The third-order valence-corrected chi connectivity index (χ3v) is 12.4. The van der Waals surface area contributed by atoms with E-state index in [2.05, 4.69) is 93.7 Å². The van der Waals surface area contributed by atoms with E-state index >= 15 is 0 Å². The molecule has 0 amide bonds. The summed E-state index contributed by atoms with van der Waals surface area (Å²) in [6.07, 6.45) is 71.7. The van der Waals surface area contributed by atoms with Gasteiger partial charge in [-0.05, 0) is 109 Å². The SMILES string of the molecule is CC/C=C\C/C=C\C/C=C\CCCCCCCCCC(=O)OC(COC(=O)CCCCCCC/C=C\C/C=C\CCCCC)COC(=O)CCCCCCCCC/C=C\CCCCCCCCC. The molecule has 0 heterocycles. The Kier molecular flexibility index (Phi) is 53.8. The normalized spacial score (nSPS) is 12.6. The molecular formula is C62H108O6. The fraction of sp³-hybridized carbons (Fsp3) is 0.758. The smallest absolute Gasteiger partial charge is 0.306 e. The average Bonchev–Trinajstić information content (AvgIpc) is 3.34. The van der Waals surface area contributed by atoms with Crippen molar-refractivity contribution < 1.29 is 28.6 Å². The second-order valence-corrected chi connectivity index (χ2v) is 19.2. The fourth-order valence-corrected chi connectivity index (χ4v) is 8.07. The third kappa shape index (κ3) is 53.8. The van der Waals surface area contributed by atoms with Crippen LogP contribution in [0.3, 0.4) is 0 Å². The highest BCUT2D eigenvalue weighted by Gasteiger charge is 2.19. The third-order valence-electron chi connectivity index (χ3n) is 12.4. The lowest BCUT2D eigenvalue weighted by Crippen LogP contribution is -2.30. The largest absolute Gasteiger partial charge is 0.462 e. The van der Waals surface area contributed by atoms with Crippen LogP contribution < -0.4 is 0 Å². The number of carbonyl (C=O) groups excluding carboxylic acids is 3. The van der Waals surface area contributed by atoms with E-state index in [9.17, 15) is 14.4 Å². The summed E-state index contributed by atoms with van der Waals surface area (Å²) in [6, 6.07) is 0. The molecule has 0 aliphatic heterocycles. The van der Waals surface area contributed by atoms with Crippen LogP contribution in [0.5, 0.6) is 0 Å². The van der Waals surface area contributed by atoms with Crippen LogP contribution in [-0.2, 0) is 28.6 Å². The second-order valence-electron chi connectivity index (χ2n) is 19.2. The monoisotopic (exact) mass is 949 g/mol. The van der Waals surface area contributed by atoms with Crippen molar-refractivity contribution in [3.8, 4) is 0 Å². The minimum atomic E-state index is -0.789. The summed E-state index contributed by atoms with van der Waals surface area (Å²) < 4.78 is 16.9. The molecule has 0 aromatic carbocycles. The molecule has 0 saturated heterocycles. The second kappa shape index (κ2) is 56.4. The molecule has 0 aromatic rings. The van der Waals surface area contributed by atoms with Gasteiger partial charge in [0.05, 0.1) is 0 Å². The maximum Gasteiger partial charge on any atom is 0.306 e. The van der Waals surface area contributed by atoms with Crippen LogP contribution in [0.2, 0.25) is 0 Å². The highest BCUT2D eigenvalue weighted by atomic mass is 16.6. The number of ether oxygens (including phenoxy) is 3. The number of rotatable bonds is 52. The standard InChI is InChI=1S/C62H108O6/c1-4-7-10-13-16-19-22-25-28-30-32-34-37-40-43-46-49-52-55-61(64)67-58-59(57-66-60(63)54-51-48-45-42-39-36-33-27-24-21-18-15-12-9-6-3)68-62(65)56-53-50-47-44-41-38-35-31-29-26-23-20-17-14-11-8-5-2/h8,11,17-18,20-21,26-30,33,59H,4-7,9-10,12-16,19,22-25,31-32,34-58H2,1-3H3/b11-8-,20-17-,21-18-,29-26-,30-28-,33-27-. The zero-order chi connectivity index (χ0) is 49.3. The molecule has 68 heavy (non-hydrogen) atoms. The van der Waals surface area contributed by atoms with Crippen molar-refractivity contribution in [3.63, 3.8) is 0 Å². The average molecular weight is 950 g/mol. The number of carbonyl (C=O) groups is 3. The summed E-state index contributed by atoms with van der Waals surface area (Å²) in [5.74, 6) is -0.906. The molecule has 0 aliphatic rings. The van der Waals surface area contributed by atoms with Gasteiger partial charge in [-0.3, -0.25) is 14.4 Å². The van der Waals surface area contributed by atoms with E-state index in [1.807, 2.05) is 0 Å². The van der Waals surface area contributed by atoms with E-state index in [-0.39, 0.29) is 31.1 Å². The summed E-state index contributed by atoms with van der Waals surface area (Å²) in [4.78, 5) is 38.2. The fourth-order valence-electron chi connectivity index (χ4n) is 8.07. The van der Waals surface area contributed by atoms with Gasteiger partial charge in [-0.2, -0.15) is 0 Å². The molecule has 0 aromatic heterocycles. The number of unbranched alkanes of at least 4 members (excludes halogenated alkanes) is 29. The predicted molar refractivity (Wildman–Crippen MR) is 293 cm³/mol. The lowest BCUT2D eigenvalue weighted by atomic mass is 10.1. The van der Waals surface area contributed by atoms with E-state index in [0.29, 0.717) is 19.3 Å². The van der Waals surface area contributed by atoms with Crippen LogP contribution in [-0.4, -0.2) is 37.2 Å². The molecule has 6 heteroatoms. The Labute approximate surface area is 421 Å². The number of hydrogen-bond acceptors (Lipinski definition) is 6. The lowest BCUT2D eigenvalue weighted by Gasteiger charge is -2.18. The van der Waals surface area contributed by atoms with Gasteiger partial charge in [0.2, 0.25) is 0 Å². The van der Waals surface area contributed by atoms with Crippen LogP contribution >= 0.6 is 0 Å². The Hall–Kier alpha value is -3.15. The summed E-state index contributed by atoms with van der Waals surface area (Å²) in [6.45, 7) is 6.50. The van der Waals surface area contributed by atoms with Crippen molar-refractivity contribution in [3.05, 3.63) is 72.9 Å². The van der Waals surface area contributed by atoms with Crippen LogP contribution in [0.25, 0.3) is 0 Å². The molecule has 0 bridgehead atoms. The van der Waals surface area contributed by atoms with Gasteiger partial charge in [0.1, 0.15) is 13.2 Å². The summed E-state index contributed by atoms with van der Waals surface area (Å²) in [5, 5.41) is 0. The minimum absolute atomic E-state index is 0.0857. The lowest BCUT2D eigenvalue weighted by molar-refractivity contribution is -0.167. The quantitative estimate of drug-likeness (QED) is 0.0262. The van der Waals surface area contributed by atoms with Gasteiger partial charge in [0, 0.05) is 19.3 Å². The van der Waals surface area contributed by atoms with E-state index in [0.717, 1.165) is 103 Å². The maximum absolute atomic E-state index is 12.9. The van der Waals surface area contributed by atoms with Gasteiger partial charge in [-0.15, -0.1) is 0 Å². The number of allylic oxidation sites excluding steroid dienone is 12. The molecule has 6 nitrogen and oxygen atoms in total. The molecule has 0 fully saturated rings. The number of hydrogen-bond donors (Lipinski definition) is 0. The Morgan fingerprint density at radius 3 is 0.941 bits per heavy atom. The molecule has 0 aliphatic carbocycles. The van der Waals surface area contributed by atoms with Crippen molar-refractivity contribution >= 4 is 17.9 Å². The van der Waals surface area contributed by atoms with Crippen molar-refractivity contribution in [2.75, 3.05) is 13.2 Å². The molecule has 1 atom stereocenters. The molecule has 0 saturated carbocycles. The van der Waals surface area contributed by atoms with E-state index < -0.39 is 6.10 Å². The first-order valence-electron chi connectivity index (χ1n) is 28.9. The van der Waals surface area contributed by atoms with Crippen LogP contribution in [0.4, 0.5) is 0 Å². The topological polar surface area (TPSA) is 78.9 Å². The Bertz CT molecular complexity index is 1270. The van der Waals surface area contributed by atoms with Crippen molar-refractivity contribution in [1.82, 2.24) is 0 Å². The van der Waals surface area contributed by atoms with Crippen molar-refractivity contribution in [2.24, 2.45) is 0 Å². The molecular weight excluding hydrogens is 841 g/mol. The molecule has 0 N–H and O–H groups in total. The first kappa shape index (κ1) is 64.8. The first-order chi connectivity index (χ1) is 33.5. The van der Waals surface area contributed by atoms with Crippen molar-refractivity contribution in [1.29, 1.82) is 0 Å². The summed E-state index contributed by atoms with van der Waals surface area (Å²) in [5.41, 5.74) is 0. The van der Waals surface area contributed by atoms with E-state index in [1.54, 1.807) is 0 Å².